The highest BCUT2D eigenvalue weighted by Gasteiger charge is 2.29. The van der Waals surface area contributed by atoms with Crippen LogP contribution in [0.15, 0.2) is 45.3 Å². The number of furan rings is 1. The molecule has 3 aromatic rings. The minimum absolute atomic E-state index is 0.140. The van der Waals surface area contributed by atoms with Gasteiger partial charge in [0, 0.05) is 11.5 Å². The number of amides is 2. The van der Waals surface area contributed by atoms with Crippen molar-refractivity contribution in [3.63, 3.8) is 0 Å². The molecule has 0 aliphatic carbocycles. The molecule has 0 aliphatic rings. The molecule has 8 heteroatoms. The van der Waals surface area contributed by atoms with Crippen LogP contribution in [0.3, 0.4) is 0 Å². The van der Waals surface area contributed by atoms with Crippen molar-refractivity contribution in [1.82, 2.24) is 10.5 Å². The number of aryl methyl sites for hydroxylation is 1. The number of nitrogens with one attached hydrogen (secondary N) is 2. The van der Waals surface area contributed by atoms with Gasteiger partial charge >= 0.3 is 11.8 Å². The van der Waals surface area contributed by atoms with E-state index in [4.69, 9.17) is 8.94 Å². The standard InChI is InChI=1S/C17H17N3O5/c1-10-7-14(20-25-10)19-16(22)15(21)18-9-17(2,23)13-8-11-5-3-4-6-12(11)24-13/h3-8,23H,9H2,1-2H3,(H,18,21)(H,19,20,22). The fourth-order valence-corrected chi connectivity index (χ4v) is 2.27. The monoisotopic (exact) mass is 343 g/mol. The first kappa shape index (κ1) is 16.7. The van der Waals surface area contributed by atoms with E-state index in [2.05, 4.69) is 15.8 Å². The first-order valence-corrected chi connectivity index (χ1v) is 7.59. The van der Waals surface area contributed by atoms with Gasteiger partial charge in [0.1, 0.15) is 22.7 Å². The molecule has 2 heterocycles. The second-order valence-corrected chi connectivity index (χ2v) is 5.88. The van der Waals surface area contributed by atoms with Gasteiger partial charge < -0.3 is 19.4 Å². The average Bonchev–Trinajstić information content (AvgIpc) is 3.19. The van der Waals surface area contributed by atoms with E-state index in [1.807, 2.05) is 18.2 Å². The molecule has 0 radical (unpaired) electrons. The van der Waals surface area contributed by atoms with Crippen LogP contribution < -0.4 is 10.6 Å². The number of aliphatic hydroxyl groups is 1. The smallest absolute Gasteiger partial charge is 0.314 e. The molecular formula is C17H17N3O5. The number of para-hydroxylation sites is 1. The molecule has 3 N–H and O–H groups in total. The molecule has 1 aromatic carbocycles. The Balaban J connectivity index is 1.62. The van der Waals surface area contributed by atoms with Crippen LogP contribution >= 0.6 is 0 Å². The van der Waals surface area contributed by atoms with Gasteiger partial charge in [-0.25, -0.2) is 0 Å². The predicted molar refractivity (Wildman–Crippen MR) is 88.7 cm³/mol. The number of benzene rings is 1. The van der Waals surface area contributed by atoms with E-state index in [9.17, 15) is 14.7 Å². The van der Waals surface area contributed by atoms with Gasteiger partial charge in [0.15, 0.2) is 5.82 Å². The van der Waals surface area contributed by atoms with Crippen molar-refractivity contribution in [2.75, 3.05) is 11.9 Å². The highest BCUT2D eigenvalue weighted by molar-refractivity contribution is 6.39. The summed E-state index contributed by atoms with van der Waals surface area (Å²) in [5.74, 6) is -0.877. The maximum absolute atomic E-state index is 11.9. The van der Waals surface area contributed by atoms with E-state index in [-0.39, 0.29) is 12.4 Å². The zero-order valence-electron chi connectivity index (χ0n) is 13.7. The molecule has 8 nitrogen and oxygen atoms in total. The van der Waals surface area contributed by atoms with Crippen LogP contribution in [0.5, 0.6) is 0 Å². The second kappa shape index (κ2) is 6.40. The third kappa shape index (κ3) is 3.69. The predicted octanol–water partition coefficient (Wildman–Crippen LogP) is 1.69. The fourth-order valence-electron chi connectivity index (χ4n) is 2.27. The Labute approximate surface area is 142 Å². The van der Waals surface area contributed by atoms with E-state index in [0.29, 0.717) is 17.1 Å². The zero-order valence-corrected chi connectivity index (χ0v) is 13.7. The number of hydrogen-bond donors (Lipinski definition) is 3. The molecule has 130 valence electrons. The van der Waals surface area contributed by atoms with Gasteiger partial charge in [-0.3, -0.25) is 14.9 Å². The molecule has 0 spiro atoms. The van der Waals surface area contributed by atoms with Gasteiger partial charge in [0.2, 0.25) is 0 Å². The molecule has 0 saturated heterocycles. The lowest BCUT2D eigenvalue weighted by molar-refractivity contribution is -0.136. The van der Waals surface area contributed by atoms with Gasteiger partial charge in [-0.15, -0.1) is 0 Å². The first-order chi connectivity index (χ1) is 11.8. The molecule has 0 saturated carbocycles. The average molecular weight is 343 g/mol. The van der Waals surface area contributed by atoms with E-state index >= 15 is 0 Å². The van der Waals surface area contributed by atoms with Gasteiger partial charge in [0.25, 0.3) is 0 Å². The number of aromatic nitrogens is 1. The summed E-state index contributed by atoms with van der Waals surface area (Å²) < 4.78 is 10.4. The zero-order chi connectivity index (χ0) is 18.0. The normalized spacial score (nSPS) is 13.4. The third-order valence-electron chi connectivity index (χ3n) is 3.63. The van der Waals surface area contributed by atoms with Crippen LogP contribution in [0.25, 0.3) is 11.0 Å². The summed E-state index contributed by atoms with van der Waals surface area (Å²) in [7, 11) is 0. The fraction of sp³-hybridized carbons (Fsp3) is 0.235. The Morgan fingerprint density at radius 3 is 2.68 bits per heavy atom. The van der Waals surface area contributed by atoms with Gasteiger partial charge in [0.05, 0.1) is 6.54 Å². The van der Waals surface area contributed by atoms with Crippen LogP contribution in [0.2, 0.25) is 0 Å². The topological polar surface area (TPSA) is 118 Å². The number of rotatable bonds is 4. The Morgan fingerprint density at radius 1 is 1.24 bits per heavy atom. The van der Waals surface area contributed by atoms with Crippen molar-refractivity contribution in [1.29, 1.82) is 0 Å². The maximum atomic E-state index is 11.9. The molecule has 0 fully saturated rings. The van der Waals surface area contributed by atoms with Crippen molar-refractivity contribution >= 4 is 28.6 Å². The van der Waals surface area contributed by atoms with Crippen molar-refractivity contribution in [3.05, 3.63) is 47.9 Å². The lowest BCUT2D eigenvalue weighted by atomic mass is 10.0. The highest BCUT2D eigenvalue weighted by atomic mass is 16.5. The minimum Gasteiger partial charge on any atom is -0.458 e. The van der Waals surface area contributed by atoms with Crippen molar-refractivity contribution in [2.45, 2.75) is 19.4 Å². The quantitative estimate of drug-likeness (QED) is 0.621. The molecule has 25 heavy (non-hydrogen) atoms. The Hall–Kier alpha value is -3.13. The van der Waals surface area contributed by atoms with Crippen LogP contribution in [-0.4, -0.2) is 28.6 Å². The molecule has 2 aromatic heterocycles. The van der Waals surface area contributed by atoms with Crippen molar-refractivity contribution in [3.8, 4) is 0 Å². The minimum atomic E-state index is -1.47. The van der Waals surface area contributed by atoms with Crippen LogP contribution in [-0.2, 0) is 15.2 Å². The molecule has 1 unspecified atom stereocenters. The molecular weight excluding hydrogens is 326 g/mol. The summed E-state index contributed by atoms with van der Waals surface area (Å²) in [5, 5.41) is 19.6. The molecule has 3 rings (SSSR count). The largest absolute Gasteiger partial charge is 0.458 e. The van der Waals surface area contributed by atoms with Gasteiger partial charge in [-0.1, -0.05) is 23.4 Å². The Bertz CT molecular complexity index is 892. The number of carbonyl (C=O) groups is 2. The Kier molecular flexibility index (Phi) is 4.28. The summed E-state index contributed by atoms with van der Waals surface area (Å²) in [6, 6.07) is 10.5. The maximum Gasteiger partial charge on any atom is 0.314 e. The van der Waals surface area contributed by atoms with Crippen LogP contribution in [0.4, 0.5) is 5.82 Å². The van der Waals surface area contributed by atoms with E-state index < -0.39 is 17.4 Å². The number of fused-ring (bicyclic) bond motifs is 1. The van der Waals surface area contributed by atoms with Gasteiger partial charge in [-0.05, 0) is 26.0 Å². The second-order valence-electron chi connectivity index (χ2n) is 5.88. The SMILES string of the molecule is Cc1cc(NC(=O)C(=O)NCC(C)(O)c2cc3ccccc3o2)no1. The summed E-state index contributed by atoms with van der Waals surface area (Å²) in [6.07, 6.45) is 0. The lowest BCUT2D eigenvalue weighted by Crippen LogP contribution is -2.43. The summed E-state index contributed by atoms with van der Waals surface area (Å²) >= 11 is 0. The van der Waals surface area contributed by atoms with E-state index in [1.54, 1.807) is 19.1 Å². The van der Waals surface area contributed by atoms with E-state index in [1.165, 1.54) is 13.0 Å². The molecule has 1 atom stereocenters. The summed E-state index contributed by atoms with van der Waals surface area (Å²) in [5.41, 5.74) is -0.845. The Morgan fingerprint density at radius 2 is 2.00 bits per heavy atom. The van der Waals surface area contributed by atoms with Crippen molar-refractivity contribution in [2.24, 2.45) is 0 Å². The van der Waals surface area contributed by atoms with Crippen molar-refractivity contribution < 1.29 is 23.6 Å². The summed E-state index contributed by atoms with van der Waals surface area (Å²) in [6.45, 7) is 2.95. The number of nitrogens with zero attached hydrogens (tertiary/aromatic N) is 1. The number of carbonyl (C=O) groups excluding carboxylic acids is 2. The molecule has 2 amide bonds. The van der Waals surface area contributed by atoms with Crippen LogP contribution in [0.1, 0.15) is 18.4 Å². The molecule has 0 aliphatic heterocycles. The highest BCUT2D eigenvalue weighted by Crippen LogP contribution is 2.27. The van der Waals surface area contributed by atoms with E-state index in [0.717, 1.165) is 5.39 Å². The van der Waals surface area contributed by atoms with Crippen LogP contribution in [0, 0.1) is 6.92 Å². The van der Waals surface area contributed by atoms with Gasteiger partial charge in [-0.2, -0.15) is 0 Å². The molecule has 0 bridgehead atoms. The summed E-state index contributed by atoms with van der Waals surface area (Å²) in [4.78, 5) is 23.7. The third-order valence-corrected chi connectivity index (χ3v) is 3.63. The first-order valence-electron chi connectivity index (χ1n) is 7.59. The number of anilines is 1. The number of hydrogen-bond acceptors (Lipinski definition) is 6. The lowest BCUT2D eigenvalue weighted by Gasteiger charge is -2.20.